The molecular weight excluding hydrogens is 160 g/mol. The molecule has 0 saturated carbocycles. The third-order valence-electron chi connectivity index (χ3n) is 3.11. The summed E-state index contributed by atoms with van der Waals surface area (Å²) in [6, 6.07) is 0. The lowest BCUT2D eigenvalue weighted by Gasteiger charge is -2.31. The zero-order valence-corrected chi connectivity index (χ0v) is 8.97. The minimum absolute atomic E-state index is 0.875. The summed E-state index contributed by atoms with van der Waals surface area (Å²) in [7, 11) is 0. The molecule has 1 saturated heterocycles. The minimum Gasteiger partial charge on any atom is -0.330 e. The van der Waals surface area contributed by atoms with Gasteiger partial charge >= 0.3 is 0 Å². The molecule has 1 aliphatic rings. The molecule has 78 valence electrons. The molecule has 2 nitrogen and oxygen atoms in total. The van der Waals surface area contributed by atoms with Gasteiger partial charge in [-0.2, -0.15) is 0 Å². The lowest BCUT2D eigenvalue weighted by Crippen LogP contribution is -2.34. The predicted octanol–water partition coefficient (Wildman–Crippen LogP) is 1.85. The van der Waals surface area contributed by atoms with Gasteiger partial charge in [0, 0.05) is 0 Å². The van der Waals surface area contributed by atoms with Crippen molar-refractivity contribution in [3.63, 3.8) is 0 Å². The smallest absolute Gasteiger partial charge is 0.00161 e. The van der Waals surface area contributed by atoms with E-state index in [0.717, 1.165) is 12.5 Å². The van der Waals surface area contributed by atoms with E-state index in [1.165, 1.54) is 51.7 Å². The van der Waals surface area contributed by atoms with Crippen molar-refractivity contribution >= 4 is 0 Å². The van der Waals surface area contributed by atoms with Crippen LogP contribution in [0.4, 0.5) is 0 Å². The Morgan fingerprint density at radius 3 is 2.54 bits per heavy atom. The second-order valence-electron chi connectivity index (χ2n) is 4.22. The van der Waals surface area contributed by atoms with E-state index in [1.807, 2.05) is 0 Å². The van der Waals surface area contributed by atoms with E-state index in [-0.39, 0.29) is 0 Å². The van der Waals surface area contributed by atoms with Crippen LogP contribution in [0.25, 0.3) is 0 Å². The lowest BCUT2D eigenvalue weighted by molar-refractivity contribution is 0.178. The molecule has 1 heterocycles. The van der Waals surface area contributed by atoms with Crippen molar-refractivity contribution in [2.24, 2.45) is 11.7 Å². The third kappa shape index (κ3) is 4.10. The monoisotopic (exact) mass is 184 g/mol. The molecule has 2 heteroatoms. The molecule has 0 atom stereocenters. The van der Waals surface area contributed by atoms with E-state index in [2.05, 4.69) is 11.8 Å². The Balaban J connectivity index is 2.08. The number of nitrogens with two attached hydrogens (primary N) is 1. The molecule has 0 aromatic heterocycles. The number of nitrogens with zero attached hydrogens (tertiary/aromatic N) is 1. The van der Waals surface area contributed by atoms with Crippen LogP contribution in [0, 0.1) is 5.92 Å². The molecule has 0 aromatic rings. The van der Waals surface area contributed by atoms with Crippen molar-refractivity contribution in [3.05, 3.63) is 0 Å². The summed E-state index contributed by atoms with van der Waals surface area (Å²) in [6.07, 6.45) is 6.67. The second kappa shape index (κ2) is 6.39. The highest BCUT2D eigenvalue weighted by molar-refractivity contribution is 4.72. The van der Waals surface area contributed by atoms with Crippen LogP contribution in [0.15, 0.2) is 0 Å². The van der Waals surface area contributed by atoms with Crippen LogP contribution in [0.3, 0.4) is 0 Å². The molecule has 0 spiro atoms. The average Bonchev–Trinajstić information content (AvgIpc) is 2.17. The van der Waals surface area contributed by atoms with Crippen molar-refractivity contribution in [1.29, 1.82) is 0 Å². The van der Waals surface area contributed by atoms with Gasteiger partial charge in [-0.3, -0.25) is 0 Å². The van der Waals surface area contributed by atoms with Gasteiger partial charge in [-0.1, -0.05) is 13.3 Å². The zero-order chi connectivity index (χ0) is 9.52. The Morgan fingerprint density at radius 2 is 2.00 bits per heavy atom. The highest BCUT2D eigenvalue weighted by atomic mass is 15.1. The van der Waals surface area contributed by atoms with Gasteiger partial charge in [0.1, 0.15) is 0 Å². The number of likely N-dealkylation sites (tertiary alicyclic amines) is 1. The van der Waals surface area contributed by atoms with Gasteiger partial charge in [0.05, 0.1) is 0 Å². The van der Waals surface area contributed by atoms with E-state index < -0.39 is 0 Å². The minimum atomic E-state index is 0.875. The van der Waals surface area contributed by atoms with E-state index in [1.54, 1.807) is 0 Å². The third-order valence-corrected chi connectivity index (χ3v) is 3.11. The van der Waals surface area contributed by atoms with Gasteiger partial charge in [0.15, 0.2) is 0 Å². The fourth-order valence-corrected chi connectivity index (χ4v) is 2.12. The summed E-state index contributed by atoms with van der Waals surface area (Å²) in [6.45, 7) is 7.07. The fourth-order valence-electron chi connectivity index (χ4n) is 2.12. The van der Waals surface area contributed by atoms with Crippen LogP contribution in [0.5, 0.6) is 0 Å². The van der Waals surface area contributed by atoms with Crippen molar-refractivity contribution < 1.29 is 0 Å². The van der Waals surface area contributed by atoms with Crippen LogP contribution < -0.4 is 5.73 Å². The highest BCUT2D eigenvalue weighted by Gasteiger charge is 2.17. The quantitative estimate of drug-likeness (QED) is 0.706. The van der Waals surface area contributed by atoms with Gasteiger partial charge in [-0.05, 0) is 57.8 Å². The maximum absolute atomic E-state index is 5.56. The first-order valence-electron chi connectivity index (χ1n) is 5.79. The Kier molecular flexibility index (Phi) is 5.40. The molecule has 0 aromatic carbocycles. The van der Waals surface area contributed by atoms with Crippen molar-refractivity contribution in [3.8, 4) is 0 Å². The largest absolute Gasteiger partial charge is 0.330 e. The van der Waals surface area contributed by atoms with Gasteiger partial charge in [0.2, 0.25) is 0 Å². The van der Waals surface area contributed by atoms with E-state index >= 15 is 0 Å². The van der Waals surface area contributed by atoms with E-state index in [0.29, 0.717) is 0 Å². The molecule has 2 N–H and O–H groups in total. The topological polar surface area (TPSA) is 29.3 Å². The van der Waals surface area contributed by atoms with Crippen molar-refractivity contribution in [2.75, 3.05) is 26.2 Å². The Hall–Kier alpha value is -0.0800. The average molecular weight is 184 g/mol. The number of rotatable bonds is 5. The summed E-state index contributed by atoms with van der Waals surface area (Å²) in [5.74, 6) is 0.919. The maximum atomic E-state index is 5.56. The number of hydrogen-bond acceptors (Lipinski definition) is 2. The van der Waals surface area contributed by atoms with Crippen LogP contribution >= 0.6 is 0 Å². The highest BCUT2D eigenvalue weighted by Crippen LogP contribution is 2.19. The van der Waals surface area contributed by atoms with Crippen LogP contribution in [0.1, 0.15) is 39.0 Å². The molecule has 1 fully saturated rings. The van der Waals surface area contributed by atoms with Crippen LogP contribution in [0.2, 0.25) is 0 Å². The Morgan fingerprint density at radius 1 is 1.31 bits per heavy atom. The van der Waals surface area contributed by atoms with Gasteiger partial charge < -0.3 is 10.6 Å². The van der Waals surface area contributed by atoms with Crippen molar-refractivity contribution in [1.82, 2.24) is 4.90 Å². The standard InChI is InChI=1S/C11H24N2/c1-2-3-8-13-9-5-11(4-7-12)6-10-13/h11H,2-10,12H2,1H3. The first-order valence-corrected chi connectivity index (χ1v) is 5.79. The van der Waals surface area contributed by atoms with E-state index in [9.17, 15) is 0 Å². The summed E-state index contributed by atoms with van der Waals surface area (Å²) in [5.41, 5.74) is 5.56. The second-order valence-corrected chi connectivity index (χ2v) is 4.22. The molecule has 0 unspecified atom stereocenters. The molecule has 0 radical (unpaired) electrons. The molecule has 1 rings (SSSR count). The molecule has 0 bridgehead atoms. The molecule has 13 heavy (non-hydrogen) atoms. The summed E-state index contributed by atoms with van der Waals surface area (Å²) < 4.78 is 0. The summed E-state index contributed by atoms with van der Waals surface area (Å²) >= 11 is 0. The first kappa shape index (κ1) is 11.0. The summed E-state index contributed by atoms with van der Waals surface area (Å²) in [5, 5.41) is 0. The van der Waals surface area contributed by atoms with Crippen LogP contribution in [-0.4, -0.2) is 31.1 Å². The van der Waals surface area contributed by atoms with Gasteiger partial charge in [-0.25, -0.2) is 0 Å². The molecule has 0 amide bonds. The predicted molar refractivity (Wildman–Crippen MR) is 57.7 cm³/mol. The Labute approximate surface area is 82.5 Å². The van der Waals surface area contributed by atoms with E-state index in [4.69, 9.17) is 5.73 Å². The lowest BCUT2D eigenvalue weighted by atomic mass is 9.93. The normalized spacial score (nSPS) is 20.8. The fraction of sp³-hybridized carbons (Fsp3) is 1.00. The Bertz CT molecular complexity index is 117. The number of unbranched alkanes of at least 4 members (excludes halogenated alkanes) is 1. The molecule has 0 aliphatic carbocycles. The number of piperidine rings is 1. The van der Waals surface area contributed by atoms with Gasteiger partial charge in [-0.15, -0.1) is 0 Å². The SMILES string of the molecule is CCCCN1CCC(CCN)CC1. The number of hydrogen-bond donors (Lipinski definition) is 1. The maximum Gasteiger partial charge on any atom is -0.00161 e. The zero-order valence-electron chi connectivity index (χ0n) is 8.97. The van der Waals surface area contributed by atoms with Crippen molar-refractivity contribution in [2.45, 2.75) is 39.0 Å². The van der Waals surface area contributed by atoms with Crippen LogP contribution in [-0.2, 0) is 0 Å². The molecule has 1 aliphatic heterocycles. The molecular formula is C11H24N2. The summed E-state index contributed by atoms with van der Waals surface area (Å²) in [4.78, 5) is 2.61. The van der Waals surface area contributed by atoms with Gasteiger partial charge in [0.25, 0.3) is 0 Å². The first-order chi connectivity index (χ1) is 6.36.